The summed E-state index contributed by atoms with van der Waals surface area (Å²) in [6.45, 7) is 2.66. The predicted octanol–water partition coefficient (Wildman–Crippen LogP) is 13.5. The number of carboxylic acid groups (broad SMARTS) is 1. The van der Waals surface area contributed by atoms with E-state index in [1.165, 1.54) is 109 Å². The number of carboxylic acids is 1. The second-order valence-corrected chi connectivity index (χ2v) is 17.7. The molecule has 4 N–H and O–H groups in total. The van der Waals surface area contributed by atoms with Crippen molar-refractivity contribution in [3.8, 4) is 0 Å². The Bertz CT molecular complexity index is 1280. The molecule has 11 nitrogen and oxygen atoms in total. The number of esters is 2. The highest BCUT2D eigenvalue weighted by Crippen LogP contribution is 2.43. The van der Waals surface area contributed by atoms with E-state index in [4.69, 9.17) is 24.8 Å². The standard InChI is InChI=1S/C50H88NO10P/c1-3-5-7-9-11-13-15-17-19-21-22-23-24-26-28-30-32-34-36-38-40-42-49(53)61-46(44-59-62(56,57)60-45-47(51)50(54)55)43-58-48(52)41-39-37-35-33-31-29-27-25-20-18-16-14-12-10-8-6-4-2/h6,8,12,14,18,20,27,29,33,35,46-47H,3-5,7,9-11,13,15-17,19,21-26,28,30-32,34,36-45,51H2,1-2H3,(H,54,55)(H,56,57)/b8-6-,14-12-,20-18-,29-27-,35-33-/t46-,47+/m1/s1. The fourth-order valence-corrected chi connectivity index (χ4v) is 7.29. The molecule has 0 spiro atoms. The molecule has 0 aromatic carbocycles. The summed E-state index contributed by atoms with van der Waals surface area (Å²) < 4.78 is 32.7. The van der Waals surface area contributed by atoms with E-state index in [9.17, 15) is 23.8 Å². The van der Waals surface area contributed by atoms with Crippen molar-refractivity contribution in [1.82, 2.24) is 0 Å². The molecule has 0 aliphatic carbocycles. The Balaban J connectivity index is 4.33. The van der Waals surface area contributed by atoms with Crippen LogP contribution in [0.1, 0.15) is 206 Å². The summed E-state index contributed by atoms with van der Waals surface area (Å²) in [6.07, 6.45) is 53.0. The minimum Gasteiger partial charge on any atom is -0.480 e. The molecule has 62 heavy (non-hydrogen) atoms. The second-order valence-electron chi connectivity index (χ2n) is 16.2. The maximum absolute atomic E-state index is 12.7. The summed E-state index contributed by atoms with van der Waals surface area (Å²) in [4.78, 5) is 46.1. The van der Waals surface area contributed by atoms with Gasteiger partial charge in [0.1, 0.15) is 12.6 Å². The zero-order chi connectivity index (χ0) is 45.6. The van der Waals surface area contributed by atoms with Crippen molar-refractivity contribution in [3.05, 3.63) is 60.8 Å². The first-order valence-electron chi connectivity index (χ1n) is 24.3. The molecule has 0 amide bonds. The van der Waals surface area contributed by atoms with E-state index in [-0.39, 0.29) is 19.4 Å². The number of phosphoric ester groups is 1. The average molecular weight is 894 g/mol. The summed E-state index contributed by atoms with van der Waals surface area (Å²) in [5, 5.41) is 8.91. The van der Waals surface area contributed by atoms with Crippen LogP contribution in [0.3, 0.4) is 0 Å². The van der Waals surface area contributed by atoms with Gasteiger partial charge < -0.3 is 25.2 Å². The summed E-state index contributed by atoms with van der Waals surface area (Å²) in [5.74, 6) is -2.45. The number of carbonyl (C=O) groups is 3. The van der Waals surface area contributed by atoms with E-state index >= 15 is 0 Å². The highest BCUT2D eigenvalue weighted by Gasteiger charge is 2.28. The normalized spacial score (nSPS) is 14.1. The van der Waals surface area contributed by atoms with Crippen molar-refractivity contribution in [2.75, 3.05) is 19.8 Å². The summed E-state index contributed by atoms with van der Waals surface area (Å²) in [5.41, 5.74) is 5.34. The number of hydrogen-bond acceptors (Lipinski definition) is 9. The van der Waals surface area contributed by atoms with Crippen molar-refractivity contribution in [3.63, 3.8) is 0 Å². The third-order valence-electron chi connectivity index (χ3n) is 10.3. The highest BCUT2D eigenvalue weighted by molar-refractivity contribution is 7.47. The van der Waals surface area contributed by atoms with E-state index in [1.54, 1.807) is 0 Å². The third-order valence-corrected chi connectivity index (χ3v) is 11.2. The Morgan fingerprint density at radius 2 is 0.903 bits per heavy atom. The lowest BCUT2D eigenvalue weighted by Crippen LogP contribution is -2.34. The highest BCUT2D eigenvalue weighted by atomic mass is 31.2. The molecule has 0 radical (unpaired) electrons. The van der Waals surface area contributed by atoms with Crippen LogP contribution in [0.15, 0.2) is 60.8 Å². The smallest absolute Gasteiger partial charge is 0.472 e. The SMILES string of the molecule is CC/C=C\C/C=C\C/C=C\C/C=C\C/C=C\CCCC(=O)OC[C@H](COP(=O)(O)OC[C@H](N)C(=O)O)OC(=O)CCCCCCCCCCCCCCCCCCCCCCC. The van der Waals surface area contributed by atoms with E-state index in [0.29, 0.717) is 19.3 Å². The van der Waals surface area contributed by atoms with E-state index < -0.39 is 51.1 Å². The second kappa shape index (κ2) is 44.8. The van der Waals surface area contributed by atoms with Crippen LogP contribution in [0.4, 0.5) is 0 Å². The molecule has 0 aromatic heterocycles. The van der Waals surface area contributed by atoms with Gasteiger partial charge in [0.05, 0.1) is 13.2 Å². The van der Waals surface area contributed by atoms with Crippen molar-refractivity contribution >= 4 is 25.7 Å². The average Bonchev–Trinajstić information content (AvgIpc) is 3.25. The first-order valence-corrected chi connectivity index (χ1v) is 25.8. The number of allylic oxidation sites excluding steroid dienone is 10. The van der Waals surface area contributed by atoms with E-state index in [1.807, 2.05) is 12.2 Å². The monoisotopic (exact) mass is 894 g/mol. The van der Waals surface area contributed by atoms with Crippen LogP contribution in [0.2, 0.25) is 0 Å². The minimum absolute atomic E-state index is 0.143. The zero-order valence-corrected chi connectivity index (χ0v) is 39.8. The number of carbonyl (C=O) groups excluding carboxylic acids is 2. The van der Waals surface area contributed by atoms with Gasteiger partial charge in [0.2, 0.25) is 0 Å². The number of hydrogen-bond donors (Lipinski definition) is 3. The number of unbranched alkanes of at least 4 members (excludes halogenated alkanes) is 21. The number of phosphoric acid groups is 1. The Morgan fingerprint density at radius 3 is 1.34 bits per heavy atom. The third kappa shape index (κ3) is 43.8. The van der Waals surface area contributed by atoms with Gasteiger partial charge in [0.25, 0.3) is 0 Å². The van der Waals surface area contributed by atoms with Crippen LogP contribution < -0.4 is 5.73 Å². The van der Waals surface area contributed by atoms with Crippen LogP contribution in [-0.4, -0.2) is 59.9 Å². The first-order chi connectivity index (χ1) is 30.1. The van der Waals surface area contributed by atoms with Crippen molar-refractivity contribution in [2.24, 2.45) is 5.73 Å². The quantitative estimate of drug-likeness (QED) is 0.0230. The number of ether oxygens (including phenoxy) is 2. The molecule has 0 aromatic rings. The lowest BCUT2D eigenvalue weighted by atomic mass is 10.0. The number of rotatable bonds is 45. The lowest BCUT2D eigenvalue weighted by molar-refractivity contribution is -0.161. The Hall–Kier alpha value is -2.82. The van der Waals surface area contributed by atoms with Crippen molar-refractivity contribution < 1.29 is 47.5 Å². The van der Waals surface area contributed by atoms with Gasteiger partial charge in [-0.15, -0.1) is 0 Å². The minimum atomic E-state index is -4.73. The zero-order valence-electron chi connectivity index (χ0n) is 38.9. The van der Waals surface area contributed by atoms with E-state index in [0.717, 1.165) is 51.4 Å². The summed E-state index contributed by atoms with van der Waals surface area (Å²) in [7, 11) is -4.73. The first kappa shape index (κ1) is 59.2. The molecule has 12 heteroatoms. The Morgan fingerprint density at radius 1 is 0.516 bits per heavy atom. The Kier molecular flexibility index (Phi) is 42.7. The van der Waals surface area contributed by atoms with Crippen LogP contribution in [0.5, 0.6) is 0 Å². The van der Waals surface area contributed by atoms with Crippen molar-refractivity contribution in [1.29, 1.82) is 0 Å². The molecular weight excluding hydrogens is 806 g/mol. The fourth-order valence-electron chi connectivity index (χ4n) is 6.51. The van der Waals surface area contributed by atoms with Gasteiger partial charge in [0, 0.05) is 12.8 Å². The predicted molar refractivity (Wildman–Crippen MR) is 254 cm³/mol. The lowest BCUT2D eigenvalue weighted by Gasteiger charge is -2.20. The summed E-state index contributed by atoms with van der Waals surface area (Å²) in [6, 6.07) is -1.53. The molecule has 0 bridgehead atoms. The van der Waals surface area contributed by atoms with Crippen LogP contribution >= 0.6 is 7.82 Å². The van der Waals surface area contributed by atoms with Gasteiger partial charge in [-0.05, 0) is 51.4 Å². The summed E-state index contributed by atoms with van der Waals surface area (Å²) >= 11 is 0. The van der Waals surface area contributed by atoms with Gasteiger partial charge in [-0.25, -0.2) is 4.57 Å². The molecule has 358 valence electrons. The van der Waals surface area contributed by atoms with Gasteiger partial charge in [0.15, 0.2) is 6.10 Å². The molecule has 0 aliphatic rings. The van der Waals surface area contributed by atoms with Crippen LogP contribution in [0.25, 0.3) is 0 Å². The van der Waals surface area contributed by atoms with Crippen LogP contribution in [0, 0.1) is 0 Å². The molecule has 1 unspecified atom stereocenters. The molecule has 0 rings (SSSR count). The Labute approximate surface area is 377 Å². The van der Waals surface area contributed by atoms with Crippen LogP contribution in [-0.2, 0) is 37.5 Å². The molecule has 0 fully saturated rings. The van der Waals surface area contributed by atoms with Gasteiger partial charge >= 0.3 is 25.7 Å². The topological polar surface area (TPSA) is 172 Å². The van der Waals surface area contributed by atoms with Gasteiger partial charge in [-0.2, -0.15) is 0 Å². The number of aliphatic carboxylic acids is 1. The molecule has 0 saturated heterocycles. The molecular formula is C50H88NO10P. The van der Waals surface area contributed by atoms with Crippen molar-refractivity contribution in [2.45, 2.75) is 219 Å². The number of nitrogens with two attached hydrogens (primary N) is 1. The molecule has 0 heterocycles. The maximum Gasteiger partial charge on any atom is 0.472 e. The fraction of sp³-hybridized carbons (Fsp3) is 0.740. The van der Waals surface area contributed by atoms with Gasteiger partial charge in [-0.1, -0.05) is 203 Å². The molecule has 3 atom stereocenters. The van der Waals surface area contributed by atoms with Gasteiger partial charge in [-0.3, -0.25) is 23.4 Å². The molecule has 0 aliphatic heterocycles. The maximum atomic E-state index is 12.7. The largest absolute Gasteiger partial charge is 0.480 e. The van der Waals surface area contributed by atoms with E-state index in [2.05, 4.69) is 67.0 Å². The molecule has 0 saturated carbocycles.